The van der Waals surface area contributed by atoms with Gasteiger partial charge in [0, 0.05) is 18.8 Å². The lowest BCUT2D eigenvalue weighted by atomic mass is 10.1. The molecule has 0 bridgehead atoms. The van der Waals surface area contributed by atoms with Crippen LogP contribution >= 0.6 is 15.9 Å². The number of nitrogens with one attached hydrogen (secondary N) is 1. The number of aryl methyl sites for hydroxylation is 4. The quantitative estimate of drug-likeness (QED) is 0.490. The predicted octanol–water partition coefficient (Wildman–Crippen LogP) is 4.81. The zero-order chi connectivity index (χ0) is 19.3. The summed E-state index contributed by atoms with van der Waals surface area (Å²) in [5.41, 5.74) is 6.32. The summed E-state index contributed by atoms with van der Waals surface area (Å²) in [5.74, 6) is -0.305. The van der Waals surface area contributed by atoms with Crippen LogP contribution in [0.1, 0.15) is 53.1 Å². The maximum Gasteiger partial charge on any atom is 0.356 e. The van der Waals surface area contributed by atoms with E-state index in [0.717, 1.165) is 18.7 Å². The van der Waals surface area contributed by atoms with E-state index < -0.39 is 0 Å². The summed E-state index contributed by atoms with van der Waals surface area (Å²) >= 11 is 3.48. The Morgan fingerprint density at radius 3 is 2.46 bits per heavy atom. The van der Waals surface area contributed by atoms with Gasteiger partial charge in [0.1, 0.15) is 0 Å². The number of rotatable bonds is 8. The van der Waals surface area contributed by atoms with Gasteiger partial charge in [-0.15, -0.1) is 0 Å². The van der Waals surface area contributed by atoms with Gasteiger partial charge in [-0.2, -0.15) is 0 Å². The van der Waals surface area contributed by atoms with Crippen molar-refractivity contribution in [2.75, 3.05) is 18.5 Å². The molecule has 2 rings (SSSR count). The molecule has 0 saturated carbocycles. The minimum Gasteiger partial charge on any atom is -0.461 e. The monoisotopic (exact) mass is 421 g/mol. The Hall–Kier alpha value is -1.82. The molecule has 5 nitrogen and oxygen atoms in total. The Kier molecular flexibility index (Phi) is 7.26. The van der Waals surface area contributed by atoms with E-state index >= 15 is 0 Å². The van der Waals surface area contributed by atoms with Crippen LogP contribution in [0, 0.1) is 20.8 Å². The van der Waals surface area contributed by atoms with Crippen LogP contribution < -0.4 is 5.32 Å². The highest BCUT2D eigenvalue weighted by molar-refractivity contribution is 9.10. The molecule has 0 aliphatic heterocycles. The molecule has 0 aliphatic carbocycles. The number of imidazole rings is 1. The van der Waals surface area contributed by atoms with Crippen LogP contribution in [0.4, 0.5) is 5.69 Å². The molecule has 1 aromatic heterocycles. The summed E-state index contributed by atoms with van der Waals surface area (Å²) in [6.07, 6.45) is 1.57. The van der Waals surface area contributed by atoms with Crippen LogP contribution in [0.2, 0.25) is 0 Å². The number of benzene rings is 1. The third-order valence-electron chi connectivity index (χ3n) is 4.33. The molecule has 0 radical (unpaired) electrons. The molecular formula is C20H28BrN3O2. The molecule has 2 aromatic rings. The molecule has 0 fully saturated rings. The number of anilines is 1. The lowest BCUT2D eigenvalue weighted by Gasteiger charge is -2.15. The lowest BCUT2D eigenvalue weighted by molar-refractivity contribution is 0.0512. The SMILES string of the molecule is CCOC(=O)c1c(CC)nc(Br)n1CCCNc1c(C)cc(C)cc1C. The maximum atomic E-state index is 12.3. The van der Waals surface area contributed by atoms with E-state index in [-0.39, 0.29) is 5.97 Å². The van der Waals surface area contributed by atoms with Crippen LogP contribution in [0.3, 0.4) is 0 Å². The number of halogens is 1. The Balaban J connectivity index is 2.06. The van der Waals surface area contributed by atoms with E-state index in [1.165, 1.54) is 22.4 Å². The molecule has 0 amide bonds. The molecule has 142 valence electrons. The van der Waals surface area contributed by atoms with E-state index in [0.29, 0.717) is 30.0 Å². The van der Waals surface area contributed by atoms with Crippen molar-refractivity contribution < 1.29 is 9.53 Å². The number of nitrogens with zero attached hydrogens (tertiary/aromatic N) is 2. The Morgan fingerprint density at radius 2 is 1.88 bits per heavy atom. The number of ether oxygens (including phenoxy) is 1. The normalized spacial score (nSPS) is 10.8. The summed E-state index contributed by atoms with van der Waals surface area (Å²) in [4.78, 5) is 16.8. The smallest absolute Gasteiger partial charge is 0.356 e. The number of hydrogen-bond acceptors (Lipinski definition) is 4. The Bertz CT molecular complexity index is 761. The highest BCUT2D eigenvalue weighted by Crippen LogP contribution is 2.23. The fourth-order valence-electron chi connectivity index (χ4n) is 3.26. The van der Waals surface area contributed by atoms with Crippen LogP contribution in [-0.4, -0.2) is 28.7 Å². The molecule has 0 atom stereocenters. The number of hydrogen-bond donors (Lipinski definition) is 1. The van der Waals surface area contributed by atoms with Gasteiger partial charge in [0.15, 0.2) is 10.4 Å². The molecule has 1 heterocycles. The average Bonchev–Trinajstić information content (AvgIpc) is 2.89. The van der Waals surface area contributed by atoms with Gasteiger partial charge >= 0.3 is 5.97 Å². The van der Waals surface area contributed by atoms with Crippen molar-refractivity contribution in [3.63, 3.8) is 0 Å². The van der Waals surface area contributed by atoms with Gasteiger partial charge in [-0.05, 0) is 67.6 Å². The standard InChI is InChI=1S/C20H28BrN3O2/c1-6-16-18(19(25)26-7-2)24(20(21)23-16)10-8-9-22-17-14(4)11-13(3)12-15(17)5/h11-12,22H,6-10H2,1-5H3. The van der Waals surface area contributed by atoms with Gasteiger partial charge in [0.05, 0.1) is 12.3 Å². The predicted molar refractivity (Wildman–Crippen MR) is 109 cm³/mol. The fraction of sp³-hybridized carbons (Fsp3) is 0.500. The highest BCUT2D eigenvalue weighted by atomic mass is 79.9. The second kappa shape index (κ2) is 9.21. The molecule has 0 saturated heterocycles. The van der Waals surface area contributed by atoms with E-state index in [4.69, 9.17) is 4.74 Å². The largest absolute Gasteiger partial charge is 0.461 e. The van der Waals surface area contributed by atoms with E-state index in [1.54, 1.807) is 0 Å². The average molecular weight is 422 g/mol. The van der Waals surface area contributed by atoms with Crippen molar-refractivity contribution in [1.82, 2.24) is 9.55 Å². The minimum atomic E-state index is -0.305. The number of aromatic nitrogens is 2. The van der Waals surface area contributed by atoms with Crippen LogP contribution in [-0.2, 0) is 17.7 Å². The first-order valence-corrected chi connectivity index (χ1v) is 9.92. The highest BCUT2D eigenvalue weighted by Gasteiger charge is 2.21. The molecular weight excluding hydrogens is 394 g/mol. The first-order valence-electron chi connectivity index (χ1n) is 9.12. The zero-order valence-electron chi connectivity index (χ0n) is 16.3. The topological polar surface area (TPSA) is 56.1 Å². The van der Waals surface area contributed by atoms with Gasteiger partial charge in [0.2, 0.25) is 0 Å². The molecule has 0 unspecified atom stereocenters. The fourth-order valence-corrected chi connectivity index (χ4v) is 3.83. The summed E-state index contributed by atoms with van der Waals surface area (Å²) in [6.45, 7) is 12.0. The summed E-state index contributed by atoms with van der Waals surface area (Å²) in [5, 5.41) is 3.53. The third-order valence-corrected chi connectivity index (χ3v) is 4.94. The number of esters is 1. The molecule has 6 heteroatoms. The van der Waals surface area contributed by atoms with Gasteiger partial charge in [0.25, 0.3) is 0 Å². The lowest BCUT2D eigenvalue weighted by Crippen LogP contribution is -2.16. The van der Waals surface area contributed by atoms with Crippen LogP contribution in [0.5, 0.6) is 0 Å². The molecule has 0 spiro atoms. The van der Waals surface area contributed by atoms with Gasteiger partial charge in [-0.1, -0.05) is 24.6 Å². The minimum absolute atomic E-state index is 0.305. The second-order valence-electron chi connectivity index (χ2n) is 6.46. The summed E-state index contributed by atoms with van der Waals surface area (Å²) in [6, 6.07) is 4.38. The number of carbonyl (C=O) groups excluding carboxylic acids is 1. The van der Waals surface area contributed by atoms with Crippen LogP contribution in [0.25, 0.3) is 0 Å². The zero-order valence-corrected chi connectivity index (χ0v) is 17.9. The molecule has 0 aliphatic rings. The van der Waals surface area contributed by atoms with Gasteiger partial charge in [-0.25, -0.2) is 9.78 Å². The van der Waals surface area contributed by atoms with E-state index in [1.807, 2.05) is 18.4 Å². The van der Waals surface area contributed by atoms with Crippen molar-refractivity contribution in [2.45, 2.75) is 54.0 Å². The van der Waals surface area contributed by atoms with Gasteiger partial charge in [-0.3, -0.25) is 0 Å². The Labute approximate surface area is 164 Å². The first-order chi connectivity index (χ1) is 12.4. The van der Waals surface area contributed by atoms with Crippen molar-refractivity contribution in [3.05, 3.63) is 44.9 Å². The van der Waals surface area contributed by atoms with E-state index in [2.05, 4.69) is 59.1 Å². The summed E-state index contributed by atoms with van der Waals surface area (Å²) < 4.78 is 7.80. The molecule has 1 N–H and O–H groups in total. The molecule has 26 heavy (non-hydrogen) atoms. The van der Waals surface area contributed by atoms with E-state index in [9.17, 15) is 4.79 Å². The number of carbonyl (C=O) groups is 1. The molecule has 1 aromatic carbocycles. The van der Waals surface area contributed by atoms with Crippen molar-refractivity contribution >= 4 is 27.6 Å². The summed E-state index contributed by atoms with van der Waals surface area (Å²) in [7, 11) is 0. The van der Waals surface area contributed by atoms with Crippen molar-refractivity contribution in [2.24, 2.45) is 0 Å². The van der Waals surface area contributed by atoms with Crippen molar-refractivity contribution in [3.8, 4) is 0 Å². The van der Waals surface area contributed by atoms with Crippen LogP contribution in [0.15, 0.2) is 16.9 Å². The van der Waals surface area contributed by atoms with Crippen molar-refractivity contribution in [1.29, 1.82) is 0 Å². The van der Waals surface area contributed by atoms with Gasteiger partial charge < -0.3 is 14.6 Å². The second-order valence-corrected chi connectivity index (χ2v) is 7.17. The third kappa shape index (κ3) is 4.67. The Morgan fingerprint density at radius 1 is 1.23 bits per heavy atom. The maximum absolute atomic E-state index is 12.3. The first kappa shape index (κ1) is 20.5.